The Bertz CT molecular complexity index is 1080. The number of hydrogen-bond donors (Lipinski definition) is 1. The lowest BCUT2D eigenvalue weighted by atomic mass is 9.84. The smallest absolute Gasteiger partial charge is 0.318 e. The van der Waals surface area contributed by atoms with Crippen LogP contribution >= 0.6 is 0 Å². The second-order valence-electron chi connectivity index (χ2n) is 8.92. The van der Waals surface area contributed by atoms with Gasteiger partial charge in [0.15, 0.2) is 0 Å². The molecule has 3 fully saturated rings. The summed E-state index contributed by atoms with van der Waals surface area (Å²) in [4.78, 5) is 22.3. The van der Waals surface area contributed by atoms with Gasteiger partial charge in [-0.25, -0.2) is 9.78 Å². The fourth-order valence-electron chi connectivity index (χ4n) is 5.62. The van der Waals surface area contributed by atoms with Crippen molar-refractivity contribution in [1.82, 2.24) is 24.5 Å². The summed E-state index contributed by atoms with van der Waals surface area (Å²) in [5, 5.41) is 3.41. The number of aromatic nitrogens is 2. The van der Waals surface area contributed by atoms with Crippen LogP contribution in [0.1, 0.15) is 35.6 Å². The maximum absolute atomic E-state index is 13.5. The molecule has 6 heteroatoms. The Balaban J connectivity index is 1.34. The third-order valence-corrected chi connectivity index (χ3v) is 7.26. The van der Waals surface area contributed by atoms with Crippen molar-refractivity contribution >= 4 is 11.5 Å². The normalized spacial score (nSPS) is 27.8. The second-order valence-corrected chi connectivity index (χ2v) is 8.92. The first kappa shape index (κ1) is 18.0. The zero-order chi connectivity index (χ0) is 20.1. The molecular formula is C24H27N5O. The third kappa shape index (κ3) is 2.98. The number of nitrogens with one attached hydrogen (secondary N) is 1. The Morgan fingerprint density at radius 1 is 1.10 bits per heavy atom. The van der Waals surface area contributed by atoms with E-state index in [0.29, 0.717) is 5.92 Å². The second kappa shape index (κ2) is 7.13. The van der Waals surface area contributed by atoms with Crippen LogP contribution in [0.25, 0.3) is 5.52 Å². The summed E-state index contributed by atoms with van der Waals surface area (Å²) in [7, 11) is 0. The summed E-state index contributed by atoms with van der Waals surface area (Å²) >= 11 is 0. The number of piperidine rings is 3. The van der Waals surface area contributed by atoms with E-state index in [1.54, 1.807) is 0 Å². The van der Waals surface area contributed by atoms with Crippen molar-refractivity contribution in [2.24, 2.45) is 5.92 Å². The molecule has 6 nitrogen and oxygen atoms in total. The Morgan fingerprint density at radius 3 is 2.80 bits per heavy atom. The maximum atomic E-state index is 13.5. The van der Waals surface area contributed by atoms with E-state index in [1.807, 2.05) is 28.0 Å². The number of amides is 2. The third-order valence-electron chi connectivity index (χ3n) is 7.26. The quantitative estimate of drug-likeness (QED) is 0.718. The van der Waals surface area contributed by atoms with Gasteiger partial charge in [-0.05, 0) is 67.1 Å². The van der Waals surface area contributed by atoms with Crippen LogP contribution in [0.5, 0.6) is 0 Å². The van der Waals surface area contributed by atoms with Gasteiger partial charge in [0.2, 0.25) is 0 Å². The minimum absolute atomic E-state index is 0.0710. The molecule has 2 amide bonds. The lowest BCUT2D eigenvalue weighted by molar-refractivity contribution is 0.0715. The molecule has 4 aliphatic heterocycles. The molecule has 7 rings (SSSR count). The van der Waals surface area contributed by atoms with Gasteiger partial charge in [0.05, 0.1) is 24.1 Å². The molecule has 2 bridgehead atoms. The molecule has 0 aliphatic carbocycles. The van der Waals surface area contributed by atoms with Gasteiger partial charge in [0.25, 0.3) is 0 Å². The topological polar surface area (TPSA) is 52.9 Å². The van der Waals surface area contributed by atoms with Crippen LogP contribution in [0.4, 0.5) is 4.79 Å². The van der Waals surface area contributed by atoms with Crippen molar-refractivity contribution in [3.05, 3.63) is 71.8 Å². The number of carbonyl (C=O) groups excluding carboxylic acids is 1. The molecule has 154 valence electrons. The predicted molar refractivity (Wildman–Crippen MR) is 115 cm³/mol. The van der Waals surface area contributed by atoms with E-state index >= 15 is 0 Å². The van der Waals surface area contributed by atoms with E-state index < -0.39 is 0 Å². The van der Waals surface area contributed by atoms with Crippen LogP contribution in [-0.4, -0.2) is 57.4 Å². The standard InChI is InChI=1S/C24H27N5O/c30-24(26-22-15-27-9-5-18(22)6-10-27)29-12-8-17-3-1-2-4-21(17)23(29)19-7-11-28-16-25-14-20(28)13-19/h1-4,7,11,13-14,16,18,22-23H,5-6,8-10,12,15H2,(H,26,30)/t22-,23+/m1/s1. The van der Waals surface area contributed by atoms with Gasteiger partial charge >= 0.3 is 6.03 Å². The van der Waals surface area contributed by atoms with Crippen LogP contribution in [0, 0.1) is 5.92 Å². The number of fused-ring (bicyclic) bond motifs is 5. The van der Waals surface area contributed by atoms with Crippen LogP contribution in [0.15, 0.2) is 55.1 Å². The fourth-order valence-corrected chi connectivity index (χ4v) is 5.62. The number of benzene rings is 1. The number of hydrogen-bond acceptors (Lipinski definition) is 3. The highest BCUT2D eigenvalue weighted by molar-refractivity contribution is 5.76. The molecule has 2 aromatic heterocycles. The van der Waals surface area contributed by atoms with Gasteiger partial charge in [-0.1, -0.05) is 24.3 Å². The van der Waals surface area contributed by atoms with Gasteiger partial charge in [-0.3, -0.25) is 0 Å². The van der Waals surface area contributed by atoms with Gasteiger partial charge in [0, 0.05) is 25.3 Å². The van der Waals surface area contributed by atoms with Crippen molar-refractivity contribution in [3.63, 3.8) is 0 Å². The Kier molecular flexibility index (Phi) is 4.27. The summed E-state index contributed by atoms with van der Waals surface area (Å²) in [6.45, 7) is 4.09. The molecule has 4 aliphatic rings. The fraction of sp³-hybridized carbons (Fsp3) is 0.417. The van der Waals surface area contributed by atoms with Gasteiger partial charge in [-0.2, -0.15) is 0 Å². The Hall–Kier alpha value is -2.86. The van der Waals surface area contributed by atoms with E-state index in [4.69, 9.17) is 0 Å². The van der Waals surface area contributed by atoms with Gasteiger partial charge in [0.1, 0.15) is 0 Å². The number of rotatable bonds is 2. The van der Waals surface area contributed by atoms with Crippen molar-refractivity contribution in [2.75, 3.05) is 26.2 Å². The molecule has 3 aromatic rings. The van der Waals surface area contributed by atoms with Crippen LogP contribution < -0.4 is 5.32 Å². The minimum atomic E-state index is -0.0732. The summed E-state index contributed by atoms with van der Waals surface area (Å²) in [6, 6.07) is 13.1. The molecular weight excluding hydrogens is 374 g/mol. The van der Waals surface area contributed by atoms with Crippen molar-refractivity contribution in [3.8, 4) is 0 Å². The first-order valence-corrected chi connectivity index (χ1v) is 11.1. The van der Waals surface area contributed by atoms with E-state index in [-0.39, 0.29) is 18.1 Å². The van der Waals surface area contributed by atoms with E-state index in [0.717, 1.165) is 30.6 Å². The molecule has 1 N–H and O–H groups in total. The molecule has 6 heterocycles. The van der Waals surface area contributed by atoms with E-state index in [1.165, 1.54) is 37.1 Å². The van der Waals surface area contributed by atoms with Crippen LogP contribution in [-0.2, 0) is 6.42 Å². The zero-order valence-corrected chi connectivity index (χ0v) is 17.1. The summed E-state index contributed by atoms with van der Waals surface area (Å²) < 4.78 is 2.01. The lowest BCUT2D eigenvalue weighted by Crippen LogP contribution is -2.59. The highest BCUT2D eigenvalue weighted by atomic mass is 16.2. The first-order chi connectivity index (χ1) is 14.8. The maximum Gasteiger partial charge on any atom is 0.318 e. The first-order valence-electron chi connectivity index (χ1n) is 11.1. The number of nitrogens with zero attached hydrogens (tertiary/aromatic N) is 4. The van der Waals surface area contributed by atoms with Crippen molar-refractivity contribution in [1.29, 1.82) is 0 Å². The average Bonchev–Trinajstić information content (AvgIpc) is 3.27. The molecule has 0 saturated carbocycles. The van der Waals surface area contributed by atoms with Gasteiger partial charge < -0.3 is 19.5 Å². The van der Waals surface area contributed by atoms with Crippen LogP contribution in [0.2, 0.25) is 0 Å². The minimum Gasteiger partial charge on any atom is -0.334 e. The number of urea groups is 1. The highest BCUT2D eigenvalue weighted by Gasteiger charge is 2.38. The zero-order valence-electron chi connectivity index (χ0n) is 17.1. The molecule has 2 atom stereocenters. The Labute approximate surface area is 176 Å². The summed E-state index contributed by atoms with van der Waals surface area (Å²) in [5.41, 5.74) is 4.76. The summed E-state index contributed by atoms with van der Waals surface area (Å²) in [6.07, 6.45) is 9.03. The molecule has 0 unspecified atom stereocenters. The van der Waals surface area contributed by atoms with E-state index in [9.17, 15) is 4.79 Å². The van der Waals surface area contributed by atoms with Crippen molar-refractivity contribution < 1.29 is 4.79 Å². The van der Waals surface area contributed by atoms with Crippen LogP contribution in [0.3, 0.4) is 0 Å². The molecule has 30 heavy (non-hydrogen) atoms. The average molecular weight is 402 g/mol. The number of imidazole rings is 1. The van der Waals surface area contributed by atoms with Gasteiger partial charge in [-0.15, -0.1) is 0 Å². The molecule has 0 spiro atoms. The molecule has 3 saturated heterocycles. The summed E-state index contributed by atoms with van der Waals surface area (Å²) in [5.74, 6) is 0.623. The number of pyridine rings is 1. The lowest BCUT2D eigenvalue weighted by Gasteiger charge is -2.46. The predicted octanol–water partition coefficient (Wildman–Crippen LogP) is 3.09. The monoisotopic (exact) mass is 401 g/mol. The Morgan fingerprint density at radius 2 is 1.97 bits per heavy atom. The van der Waals surface area contributed by atoms with E-state index in [2.05, 4.69) is 51.6 Å². The molecule has 1 aromatic carbocycles. The largest absolute Gasteiger partial charge is 0.334 e. The SMILES string of the molecule is O=C(N[C@@H]1CN2CCC1CC2)N1CCc2ccccc2[C@@H]1c1ccn2cncc2c1. The highest BCUT2D eigenvalue weighted by Crippen LogP contribution is 2.36. The van der Waals surface area contributed by atoms with Crippen molar-refractivity contribution in [2.45, 2.75) is 31.3 Å². The molecule has 0 radical (unpaired) electrons. The number of carbonyl (C=O) groups is 1.